The third kappa shape index (κ3) is 0.206. The highest BCUT2D eigenvalue weighted by Gasteiger charge is 2.98. The number of fused-ring (bicyclic) bond motifs is 21. The molecule has 0 aromatic rings. The van der Waals surface area contributed by atoms with Gasteiger partial charge in [-0.3, -0.25) is 0 Å². The van der Waals surface area contributed by atoms with Gasteiger partial charge in [0.05, 0.1) is 0 Å². The summed E-state index contributed by atoms with van der Waals surface area (Å²) in [4.78, 5) is 0. The molecule has 7 aliphatic carbocycles. The van der Waals surface area contributed by atoms with Crippen LogP contribution in [0.2, 0.25) is 0 Å². The maximum absolute atomic E-state index is 1.33. The van der Waals surface area contributed by atoms with Crippen LogP contribution in [0, 0.1) is 82.9 Å². The molecule has 7 fully saturated rings. The molecule has 0 atom stereocenters. The molecule has 7 aliphatic rings. The van der Waals surface area contributed by atoms with E-state index in [1.54, 1.807) is 0 Å². The van der Waals surface area contributed by atoms with E-state index in [2.05, 4.69) is 0 Å². The van der Waals surface area contributed by atoms with Crippen LogP contribution >= 0.6 is 0 Å². The first-order valence-corrected chi connectivity index (χ1v) is 7.00. The van der Waals surface area contributed by atoms with Crippen LogP contribution in [0.5, 0.6) is 0 Å². The van der Waals surface area contributed by atoms with Gasteiger partial charge in [-0.25, -0.2) is 0 Å². The van der Waals surface area contributed by atoms with E-state index in [9.17, 15) is 0 Å². The van der Waals surface area contributed by atoms with Crippen LogP contribution in [-0.2, 0) is 0 Å². The van der Waals surface area contributed by atoms with Gasteiger partial charge in [0.2, 0.25) is 0 Å². The summed E-state index contributed by atoms with van der Waals surface area (Å²) in [6, 6.07) is 0. The minimum atomic E-state index is 1.33. The maximum atomic E-state index is 1.33. The summed E-state index contributed by atoms with van der Waals surface area (Å²) in [5.74, 6) is 18.7. The molecule has 0 unspecified atom stereocenters. The van der Waals surface area contributed by atoms with E-state index in [1.807, 2.05) is 0 Å². The Balaban J connectivity index is 1.58. The van der Waals surface area contributed by atoms with E-state index in [-0.39, 0.29) is 0 Å². The lowest BCUT2D eigenvalue weighted by atomic mass is 9.21. The van der Waals surface area contributed by atoms with Crippen molar-refractivity contribution in [1.29, 1.82) is 0 Å². The van der Waals surface area contributed by atoms with Crippen LogP contribution in [0.4, 0.5) is 0 Å². The van der Waals surface area contributed by atoms with Gasteiger partial charge in [0.15, 0.2) is 0 Å². The summed E-state index contributed by atoms with van der Waals surface area (Å²) in [5.41, 5.74) is 0. The van der Waals surface area contributed by atoms with E-state index in [1.165, 1.54) is 82.9 Å². The predicted molar refractivity (Wildman–Crippen MR) is 48.9 cm³/mol. The molecule has 14 heavy (non-hydrogen) atoms. The summed E-state index contributed by atoms with van der Waals surface area (Å²) in [6.45, 7) is 0. The Bertz CT molecular complexity index is 226. The van der Waals surface area contributed by atoms with Gasteiger partial charge >= 0.3 is 0 Å². The van der Waals surface area contributed by atoms with Crippen LogP contribution < -0.4 is 0 Å². The summed E-state index contributed by atoms with van der Waals surface area (Å²) >= 11 is 0. The van der Waals surface area contributed by atoms with E-state index in [4.69, 9.17) is 0 Å². The van der Waals surface area contributed by atoms with Crippen molar-refractivity contribution in [3.8, 4) is 0 Å². The number of hydrogen-bond donors (Lipinski definition) is 0. The van der Waals surface area contributed by atoms with Crippen LogP contribution in [0.1, 0.15) is 0 Å². The Morgan fingerprint density at radius 2 is 0.214 bits per heavy atom. The van der Waals surface area contributed by atoms with Gasteiger partial charge in [-0.1, -0.05) is 0 Å². The molecular formula is C14H14. The standard InChI is InChI=1S/C14H14/c1-2-5-3(1)7-9(5)13-11(7)12-8-4(1)6(2)10(8)14(12)13/h1-14H. The summed E-state index contributed by atoms with van der Waals surface area (Å²) in [7, 11) is 0. The lowest BCUT2D eigenvalue weighted by Crippen LogP contribution is -2.80. The molecule has 0 bridgehead atoms. The predicted octanol–water partition coefficient (Wildman–Crippen LogP) is 1.72. The van der Waals surface area contributed by atoms with Crippen molar-refractivity contribution in [2.75, 3.05) is 0 Å². The fourth-order valence-corrected chi connectivity index (χ4v) is 9.76. The molecule has 0 N–H and O–H groups in total. The van der Waals surface area contributed by atoms with Gasteiger partial charge in [-0.2, -0.15) is 0 Å². The summed E-state index contributed by atoms with van der Waals surface area (Å²) in [5, 5.41) is 0. The molecule has 0 spiro atoms. The summed E-state index contributed by atoms with van der Waals surface area (Å²) in [6.07, 6.45) is 0. The first-order chi connectivity index (χ1) is 7.00. The average Bonchev–Trinajstić information content (AvgIpc) is 2.50. The lowest BCUT2D eigenvalue weighted by molar-refractivity contribution is -0.367. The van der Waals surface area contributed by atoms with Crippen molar-refractivity contribution < 1.29 is 0 Å². The van der Waals surface area contributed by atoms with Crippen molar-refractivity contribution >= 4 is 0 Å². The van der Waals surface area contributed by atoms with Gasteiger partial charge in [-0.05, 0) is 82.9 Å². The Labute approximate surface area is 83.4 Å². The van der Waals surface area contributed by atoms with Gasteiger partial charge in [0, 0.05) is 0 Å². The Kier molecular flexibility index (Phi) is 0.407. The minimum Gasteiger partial charge on any atom is -0.0312 e. The van der Waals surface area contributed by atoms with Crippen molar-refractivity contribution in [3.63, 3.8) is 0 Å². The highest BCUT2D eigenvalue weighted by molar-refractivity contribution is 5.44. The normalized spacial score (nSPS) is 108. The van der Waals surface area contributed by atoms with E-state index < -0.39 is 0 Å². The number of rotatable bonds is 0. The molecule has 7 saturated carbocycles. The first-order valence-electron chi connectivity index (χ1n) is 7.00. The molecule has 70 valence electrons. The fraction of sp³-hybridized carbons (Fsp3) is 1.00. The quantitative estimate of drug-likeness (QED) is 0.500. The Hall–Kier alpha value is 0. The molecule has 0 amide bonds. The Morgan fingerprint density at radius 3 is 0.286 bits per heavy atom. The molecule has 0 aromatic heterocycles. The van der Waals surface area contributed by atoms with Crippen LogP contribution in [0.25, 0.3) is 0 Å². The highest BCUT2D eigenvalue weighted by Crippen LogP contribution is 3.01. The number of hydrogen-bond acceptors (Lipinski definition) is 0. The average molecular weight is 182 g/mol. The topological polar surface area (TPSA) is 0 Å². The lowest BCUT2D eigenvalue weighted by Gasteiger charge is -2.83. The van der Waals surface area contributed by atoms with Crippen molar-refractivity contribution in [2.24, 2.45) is 82.9 Å². The molecular weight excluding hydrogens is 168 g/mol. The molecule has 0 radical (unpaired) electrons. The second-order valence-electron chi connectivity index (χ2n) is 8.08. The zero-order chi connectivity index (χ0) is 8.08. The van der Waals surface area contributed by atoms with Gasteiger partial charge in [0.1, 0.15) is 0 Å². The summed E-state index contributed by atoms with van der Waals surface area (Å²) < 4.78 is 0. The molecule has 0 nitrogen and oxygen atoms in total. The van der Waals surface area contributed by atoms with Crippen molar-refractivity contribution in [1.82, 2.24) is 0 Å². The Morgan fingerprint density at radius 1 is 0.143 bits per heavy atom. The van der Waals surface area contributed by atoms with Gasteiger partial charge < -0.3 is 0 Å². The third-order valence-electron chi connectivity index (χ3n) is 9.33. The molecule has 7 rings (SSSR count). The molecule has 0 heteroatoms. The second-order valence-corrected chi connectivity index (χ2v) is 8.08. The minimum absolute atomic E-state index is 1.33. The first kappa shape index (κ1) is 5.37. The van der Waals surface area contributed by atoms with Crippen molar-refractivity contribution in [2.45, 2.75) is 0 Å². The van der Waals surface area contributed by atoms with E-state index >= 15 is 0 Å². The van der Waals surface area contributed by atoms with Crippen LogP contribution in [0.15, 0.2) is 0 Å². The van der Waals surface area contributed by atoms with Gasteiger partial charge in [0.25, 0.3) is 0 Å². The zero-order valence-electron chi connectivity index (χ0n) is 8.08. The second kappa shape index (κ2) is 1.06. The smallest absolute Gasteiger partial charge is 0.0312 e. The SMILES string of the molecule is C12C3C4C1C1C2C2C1C1C5C4C3C5C21. The van der Waals surface area contributed by atoms with Crippen LogP contribution in [0.3, 0.4) is 0 Å². The molecule has 0 aliphatic heterocycles. The molecule has 0 aromatic carbocycles. The molecule has 0 heterocycles. The van der Waals surface area contributed by atoms with Crippen LogP contribution in [-0.4, -0.2) is 0 Å². The third-order valence-corrected chi connectivity index (χ3v) is 9.33. The highest BCUT2D eigenvalue weighted by atomic mass is 15.0. The molecule has 0 saturated heterocycles. The maximum Gasteiger partial charge on any atom is -0.0312 e. The zero-order valence-corrected chi connectivity index (χ0v) is 8.08. The van der Waals surface area contributed by atoms with Gasteiger partial charge in [-0.15, -0.1) is 0 Å². The van der Waals surface area contributed by atoms with E-state index in [0.717, 1.165) is 0 Å². The monoisotopic (exact) mass is 182 g/mol. The largest absolute Gasteiger partial charge is 0.0312 e. The van der Waals surface area contributed by atoms with Crippen molar-refractivity contribution in [3.05, 3.63) is 0 Å². The van der Waals surface area contributed by atoms with E-state index in [0.29, 0.717) is 0 Å². The fourth-order valence-electron chi connectivity index (χ4n) is 9.76.